The molecule has 7 nitrogen and oxygen atoms in total. The Bertz CT molecular complexity index is 701. The molecule has 9 heteroatoms. The van der Waals surface area contributed by atoms with E-state index in [4.69, 9.17) is 17.0 Å². The van der Waals surface area contributed by atoms with E-state index >= 15 is 0 Å². The predicted molar refractivity (Wildman–Crippen MR) is 110 cm³/mol. The van der Waals surface area contributed by atoms with Crippen molar-refractivity contribution in [1.82, 2.24) is 19.4 Å². The molecule has 150 valence electrons. The van der Waals surface area contributed by atoms with Crippen LogP contribution in [-0.4, -0.2) is 93.2 Å². The summed E-state index contributed by atoms with van der Waals surface area (Å²) in [7, 11) is -3.29. The van der Waals surface area contributed by atoms with Gasteiger partial charge in [0.15, 0.2) is 5.11 Å². The van der Waals surface area contributed by atoms with Gasteiger partial charge in [0.05, 0.1) is 19.0 Å². The van der Waals surface area contributed by atoms with Crippen LogP contribution in [0, 0.1) is 0 Å². The Morgan fingerprint density at radius 2 is 1.70 bits per heavy atom. The largest absolute Gasteiger partial charge is 0.379 e. The molecule has 0 amide bonds. The molecule has 0 atom stereocenters. The highest BCUT2D eigenvalue weighted by molar-refractivity contribution is 7.88. The van der Waals surface area contributed by atoms with E-state index in [1.54, 1.807) is 4.31 Å². The summed E-state index contributed by atoms with van der Waals surface area (Å²) in [5.74, 6) is 0.0517. The van der Waals surface area contributed by atoms with Crippen LogP contribution in [0.5, 0.6) is 0 Å². The van der Waals surface area contributed by atoms with Crippen LogP contribution in [0.2, 0.25) is 0 Å². The highest BCUT2D eigenvalue weighted by Gasteiger charge is 2.27. The maximum Gasteiger partial charge on any atom is 0.218 e. The average molecular weight is 413 g/mol. The first-order chi connectivity index (χ1) is 13.0. The first kappa shape index (κ1) is 20.5. The van der Waals surface area contributed by atoms with Crippen LogP contribution in [0.4, 0.5) is 0 Å². The Kier molecular flexibility index (Phi) is 7.42. The maximum absolute atomic E-state index is 12.6. The van der Waals surface area contributed by atoms with E-state index in [2.05, 4.69) is 15.1 Å². The molecule has 0 saturated carbocycles. The molecule has 0 aliphatic carbocycles. The number of nitrogens with one attached hydrogen (secondary N) is 1. The van der Waals surface area contributed by atoms with E-state index in [1.807, 2.05) is 30.3 Å². The molecule has 27 heavy (non-hydrogen) atoms. The third-order valence-electron chi connectivity index (χ3n) is 4.92. The van der Waals surface area contributed by atoms with E-state index < -0.39 is 10.0 Å². The van der Waals surface area contributed by atoms with Gasteiger partial charge in [0.2, 0.25) is 10.0 Å². The van der Waals surface area contributed by atoms with Crippen LogP contribution in [0.3, 0.4) is 0 Å². The highest BCUT2D eigenvalue weighted by Crippen LogP contribution is 2.13. The quantitative estimate of drug-likeness (QED) is 0.676. The molecule has 0 spiro atoms. The van der Waals surface area contributed by atoms with Gasteiger partial charge in [0, 0.05) is 52.4 Å². The minimum atomic E-state index is -3.29. The lowest BCUT2D eigenvalue weighted by molar-refractivity contribution is 0.0388. The normalized spacial score (nSPS) is 19.8. The van der Waals surface area contributed by atoms with Crippen molar-refractivity contribution < 1.29 is 13.2 Å². The van der Waals surface area contributed by atoms with E-state index in [9.17, 15) is 8.42 Å². The number of hydrogen-bond acceptors (Lipinski definition) is 5. The van der Waals surface area contributed by atoms with Gasteiger partial charge in [-0.3, -0.25) is 4.90 Å². The van der Waals surface area contributed by atoms with Crippen molar-refractivity contribution in [2.75, 3.05) is 65.6 Å². The molecule has 1 aromatic carbocycles. The number of nitrogens with zero attached hydrogens (tertiary/aromatic N) is 3. The van der Waals surface area contributed by atoms with Gasteiger partial charge < -0.3 is 15.0 Å². The first-order valence-electron chi connectivity index (χ1n) is 9.39. The van der Waals surface area contributed by atoms with Gasteiger partial charge in [-0.1, -0.05) is 30.3 Å². The van der Waals surface area contributed by atoms with Gasteiger partial charge in [-0.2, -0.15) is 4.31 Å². The minimum absolute atomic E-state index is 0.0517. The maximum atomic E-state index is 12.6. The number of ether oxygens (including phenoxy) is 1. The van der Waals surface area contributed by atoms with Crippen LogP contribution >= 0.6 is 12.2 Å². The van der Waals surface area contributed by atoms with Crippen molar-refractivity contribution in [3.05, 3.63) is 35.9 Å². The van der Waals surface area contributed by atoms with Gasteiger partial charge in [-0.25, -0.2) is 8.42 Å². The molecule has 2 saturated heterocycles. The molecule has 2 fully saturated rings. The zero-order chi connectivity index (χ0) is 19.1. The molecule has 0 radical (unpaired) electrons. The fourth-order valence-electron chi connectivity index (χ4n) is 3.30. The van der Waals surface area contributed by atoms with Crippen molar-refractivity contribution in [2.24, 2.45) is 0 Å². The number of thiocarbonyl (C=S) groups is 1. The van der Waals surface area contributed by atoms with Crippen molar-refractivity contribution in [3.8, 4) is 0 Å². The number of morpholine rings is 1. The summed E-state index contributed by atoms with van der Waals surface area (Å²) in [6.45, 7) is 7.45. The molecular weight excluding hydrogens is 384 g/mol. The lowest BCUT2D eigenvalue weighted by atomic mass is 10.2. The fraction of sp³-hybridized carbons (Fsp3) is 0.611. The predicted octanol–water partition coefficient (Wildman–Crippen LogP) is 0.341. The van der Waals surface area contributed by atoms with E-state index in [0.29, 0.717) is 31.3 Å². The van der Waals surface area contributed by atoms with Crippen molar-refractivity contribution in [3.63, 3.8) is 0 Å². The summed E-state index contributed by atoms with van der Waals surface area (Å²) in [6.07, 6.45) is 0. The number of rotatable bonds is 6. The van der Waals surface area contributed by atoms with E-state index in [0.717, 1.165) is 45.0 Å². The van der Waals surface area contributed by atoms with Crippen LogP contribution < -0.4 is 5.32 Å². The Hall–Kier alpha value is -1.26. The Morgan fingerprint density at radius 3 is 2.37 bits per heavy atom. The lowest BCUT2D eigenvalue weighted by Gasteiger charge is -2.36. The Balaban J connectivity index is 1.40. The third kappa shape index (κ3) is 6.11. The highest BCUT2D eigenvalue weighted by atomic mass is 32.2. The second-order valence-electron chi connectivity index (χ2n) is 6.81. The molecular formula is C18H28N4O3S2. The summed E-state index contributed by atoms with van der Waals surface area (Å²) in [5.41, 5.74) is 0.820. The molecule has 2 heterocycles. The number of hydrogen-bond donors (Lipinski definition) is 1. The van der Waals surface area contributed by atoms with Gasteiger partial charge in [0.25, 0.3) is 0 Å². The second kappa shape index (κ2) is 9.79. The van der Waals surface area contributed by atoms with Crippen LogP contribution in [0.1, 0.15) is 5.56 Å². The first-order valence-corrected chi connectivity index (χ1v) is 11.4. The summed E-state index contributed by atoms with van der Waals surface area (Å²) in [6, 6.07) is 9.32. The van der Waals surface area contributed by atoms with Gasteiger partial charge >= 0.3 is 0 Å². The van der Waals surface area contributed by atoms with Crippen molar-refractivity contribution in [2.45, 2.75) is 5.75 Å². The molecule has 3 rings (SSSR count). The smallest absolute Gasteiger partial charge is 0.218 e. The van der Waals surface area contributed by atoms with Crippen molar-refractivity contribution >= 4 is 27.4 Å². The van der Waals surface area contributed by atoms with Crippen LogP contribution in [0.25, 0.3) is 0 Å². The van der Waals surface area contributed by atoms with Crippen LogP contribution in [0.15, 0.2) is 30.3 Å². The van der Waals surface area contributed by atoms with Gasteiger partial charge in [-0.15, -0.1) is 0 Å². The standard InChI is InChI=1S/C18H28N4O3S2/c23-27(24,16-17-4-2-1-3-5-17)22-10-8-21(9-11-22)18(26)19-6-7-20-12-14-25-15-13-20/h1-5H,6-16H2,(H,19,26). The van der Waals surface area contributed by atoms with E-state index in [-0.39, 0.29) is 5.75 Å². The second-order valence-corrected chi connectivity index (χ2v) is 9.17. The van der Waals surface area contributed by atoms with Gasteiger partial charge in [0.1, 0.15) is 0 Å². The summed E-state index contributed by atoms with van der Waals surface area (Å²) in [4.78, 5) is 4.41. The number of benzene rings is 1. The third-order valence-corrected chi connectivity index (χ3v) is 7.17. The summed E-state index contributed by atoms with van der Waals surface area (Å²) >= 11 is 5.48. The molecule has 1 N–H and O–H groups in total. The fourth-order valence-corrected chi connectivity index (χ4v) is 5.10. The molecule has 0 unspecified atom stereocenters. The number of sulfonamides is 1. The molecule has 1 aromatic rings. The minimum Gasteiger partial charge on any atom is -0.379 e. The zero-order valence-electron chi connectivity index (χ0n) is 15.5. The summed E-state index contributed by atoms with van der Waals surface area (Å²) in [5, 5.41) is 4.01. The monoisotopic (exact) mass is 412 g/mol. The lowest BCUT2D eigenvalue weighted by Crippen LogP contribution is -2.54. The Morgan fingerprint density at radius 1 is 1.04 bits per heavy atom. The Labute approximate surface area is 167 Å². The van der Waals surface area contributed by atoms with Gasteiger partial charge in [-0.05, 0) is 17.8 Å². The van der Waals surface area contributed by atoms with Crippen molar-refractivity contribution in [1.29, 1.82) is 0 Å². The molecule has 2 aliphatic heterocycles. The molecule has 0 aromatic heterocycles. The molecule has 0 bridgehead atoms. The number of piperazine rings is 1. The van der Waals surface area contributed by atoms with E-state index in [1.165, 1.54) is 0 Å². The molecule has 2 aliphatic rings. The zero-order valence-corrected chi connectivity index (χ0v) is 17.2. The SMILES string of the molecule is O=S(=O)(Cc1ccccc1)N1CCN(C(=S)NCCN2CCOCC2)CC1. The summed E-state index contributed by atoms with van der Waals surface area (Å²) < 4.78 is 32.2. The van der Waals surface area contributed by atoms with Crippen LogP contribution in [-0.2, 0) is 20.5 Å². The topological polar surface area (TPSA) is 65.1 Å². The average Bonchev–Trinajstić information content (AvgIpc) is 2.69.